The van der Waals surface area contributed by atoms with Gasteiger partial charge < -0.3 is 10.4 Å². The van der Waals surface area contributed by atoms with Crippen molar-refractivity contribution in [2.24, 2.45) is 5.92 Å². The van der Waals surface area contributed by atoms with Gasteiger partial charge in [-0.2, -0.15) is 0 Å². The molecule has 0 heterocycles. The van der Waals surface area contributed by atoms with E-state index in [0.29, 0.717) is 13.0 Å². The van der Waals surface area contributed by atoms with Crippen molar-refractivity contribution in [2.75, 3.05) is 6.54 Å². The molecule has 1 aliphatic rings. The quantitative estimate of drug-likeness (QED) is 0.729. The molecule has 0 saturated heterocycles. The first-order valence-electron chi connectivity index (χ1n) is 6.69. The summed E-state index contributed by atoms with van der Waals surface area (Å²) < 4.78 is 0. The van der Waals surface area contributed by atoms with Gasteiger partial charge in [0.2, 0.25) is 5.91 Å². The van der Waals surface area contributed by atoms with Crippen LogP contribution in [0.2, 0.25) is 0 Å². The molecule has 1 fully saturated rings. The summed E-state index contributed by atoms with van der Waals surface area (Å²) in [6.45, 7) is 4.49. The van der Waals surface area contributed by atoms with Crippen LogP contribution >= 0.6 is 0 Å². The van der Waals surface area contributed by atoms with Gasteiger partial charge in [-0.3, -0.25) is 9.59 Å². The Morgan fingerprint density at radius 1 is 1.18 bits per heavy atom. The number of carbonyl (C=O) groups excluding carboxylic acids is 1. The lowest BCUT2D eigenvalue weighted by molar-refractivity contribution is -0.137. The highest BCUT2D eigenvalue weighted by molar-refractivity contribution is 5.78. The van der Waals surface area contributed by atoms with Crippen molar-refractivity contribution in [3.63, 3.8) is 0 Å². The van der Waals surface area contributed by atoms with Gasteiger partial charge in [0.05, 0.1) is 0 Å². The molecule has 0 unspecified atom stereocenters. The van der Waals surface area contributed by atoms with Gasteiger partial charge >= 0.3 is 5.97 Å². The van der Waals surface area contributed by atoms with Crippen molar-refractivity contribution in [3.8, 4) is 0 Å². The van der Waals surface area contributed by atoms with Crippen molar-refractivity contribution in [1.82, 2.24) is 5.32 Å². The second kappa shape index (κ2) is 10.1. The summed E-state index contributed by atoms with van der Waals surface area (Å²) in [7, 11) is 0. The Bertz CT molecular complexity index is 223. The summed E-state index contributed by atoms with van der Waals surface area (Å²) in [5.74, 6) is -0.523. The SMILES string of the molecule is CC.O=C(O)CCCNC(=O)C1CCCCC1. The molecule has 4 nitrogen and oxygen atoms in total. The van der Waals surface area contributed by atoms with Gasteiger partial charge in [-0.25, -0.2) is 0 Å². The Labute approximate surface area is 104 Å². The topological polar surface area (TPSA) is 66.4 Å². The Morgan fingerprint density at radius 2 is 1.76 bits per heavy atom. The van der Waals surface area contributed by atoms with Crippen LogP contribution in [-0.4, -0.2) is 23.5 Å². The van der Waals surface area contributed by atoms with Crippen LogP contribution in [-0.2, 0) is 9.59 Å². The number of carboxylic acid groups (broad SMARTS) is 1. The molecule has 0 aliphatic heterocycles. The van der Waals surface area contributed by atoms with Crippen LogP contribution in [0.15, 0.2) is 0 Å². The van der Waals surface area contributed by atoms with E-state index in [2.05, 4.69) is 5.32 Å². The number of hydrogen-bond donors (Lipinski definition) is 2. The van der Waals surface area contributed by atoms with Gasteiger partial charge in [0.25, 0.3) is 0 Å². The fourth-order valence-electron chi connectivity index (χ4n) is 1.96. The normalized spacial score (nSPS) is 15.6. The van der Waals surface area contributed by atoms with Crippen molar-refractivity contribution in [2.45, 2.75) is 58.8 Å². The van der Waals surface area contributed by atoms with E-state index in [9.17, 15) is 9.59 Å². The molecule has 0 aromatic rings. The molecule has 0 spiro atoms. The summed E-state index contributed by atoms with van der Waals surface area (Å²) in [4.78, 5) is 21.8. The molecule has 0 radical (unpaired) electrons. The van der Waals surface area contributed by atoms with Crippen molar-refractivity contribution in [1.29, 1.82) is 0 Å². The zero-order valence-corrected chi connectivity index (χ0v) is 11.0. The maximum atomic E-state index is 11.6. The van der Waals surface area contributed by atoms with Gasteiger partial charge in [-0.1, -0.05) is 33.1 Å². The van der Waals surface area contributed by atoms with Crippen LogP contribution in [0.4, 0.5) is 0 Å². The lowest BCUT2D eigenvalue weighted by atomic mass is 9.89. The highest BCUT2D eigenvalue weighted by atomic mass is 16.4. The third kappa shape index (κ3) is 7.77. The first-order chi connectivity index (χ1) is 8.20. The molecule has 1 saturated carbocycles. The first-order valence-corrected chi connectivity index (χ1v) is 6.69. The maximum absolute atomic E-state index is 11.6. The van der Waals surface area contributed by atoms with E-state index in [1.807, 2.05) is 13.8 Å². The molecule has 1 amide bonds. The lowest BCUT2D eigenvalue weighted by Crippen LogP contribution is -2.32. The van der Waals surface area contributed by atoms with Crippen LogP contribution in [0.25, 0.3) is 0 Å². The zero-order chi connectivity index (χ0) is 13.1. The second-order valence-corrected chi connectivity index (χ2v) is 4.12. The van der Waals surface area contributed by atoms with Crippen molar-refractivity contribution in [3.05, 3.63) is 0 Å². The van der Waals surface area contributed by atoms with E-state index in [-0.39, 0.29) is 18.2 Å². The summed E-state index contributed by atoms with van der Waals surface area (Å²) >= 11 is 0. The standard InChI is InChI=1S/C11H19NO3.C2H6/c13-10(14)7-4-8-12-11(15)9-5-2-1-3-6-9;1-2/h9H,1-8H2,(H,12,15)(H,13,14);1-2H3. The smallest absolute Gasteiger partial charge is 0.303 e. The summed E-state index contributed by atoms with van der Waals surface area (Å²) in [5.41, 5.74) is 0. The van der Waals surface area contributed by atoms with E-state index in [1.165, 1.54) is 6.42 Å². The molecule has 0 aromatic heterocycles. The third-order valence-corrected chi connectivity index (χ3v) is 2.84. The average molecular weight is 243 g/mol. The molecular formula is C13H25NO3. The molecule has 100 valence electrons. The maximum Gasteiger partial charge on any atom is 0.303 e. The molecular weight excluding hydrogens is 218 g/mol. The molecule has 17 heavy (non-hydrogen) atoms. The van der Waals surface area contributed by atoms with Gasteiger partial charge in [0, 0.05) is 18.9 Å². The number of aliphatic carboxylic acids is 1. The van der Waals surface area contributed by atoms with Gasteiger partial charge in [-0.15, -0.1) is 0 Å². The molecule has 1 aliphatic carbocycles. The van der Waals surface area contributed by atoms with Crippen LogP contribution in [0.5, 0.6) is 0 Å². The Balaban J connectivity index is 0.00000121. The van der Waals surface area contributed by atoms with E-state index in [1.54, 1.807) is 0 Å². The largest absolute Gasteiger partial charge is 0.481 e. The van der Waals surface area contributed by atoms with E-state index >= 15 is 0 Å². The summed E-state index contributed by atoms with van der Waals surface area (Å²) in [6.07, 6.45) is 6.16. The van der Waals surface area contributed by atoms with Crippen LogP contribution in [0, 0.1) is 5.92 Å². The Hall–Kier alpha value is -1.06. The molecule has 1 rings (SSSR count). The van der Waals surface area contributed by atoms with Crippen molar-refractivity contribution < 1.29 is 14.7 Å². The highest BCUT2D eigenvalue weighted by Crippen LogP contribution is 2.23. The second-order valence-electron chi connectivity index (χ2n) is 4.12. The van der Waals surface area contributed by atoms with Crippen LogP contribution in [0.1, 0.15) is 58.8 Å². The number of carboxylic acids is 1. The number of rotatable bonds is 5. The minimum absolute atomic E-state index is 0.111. The highest BCUT2D eigenvalue weighted by Gasteiger charge is 2.20. The fraction of sp³-hybridized carbons (Fsp3) is 0.846. The van der Waals surface area contributed by atoms with E-state index in [4.69, 9.17) is 5.11 Å². The molecule has 0 bridgehead atoms. The molecule has 2 N–H and O–H groups in total. The number of carbonyl (C=O) groups is 2. The number of amides is 1. The average Bonchev–Trinajstić information content (AvgIpc) is 2.37. The van der Waals surface area contributed by atoms with Crippen LogP contribution < -0.4 is 5.32 Å². The zero-order valence-electron chi connectivity index (χ0n) is 11.0. The fourth-order valence-corrected chi connectivity index (χ4v) is 1.96. The van der Waals surface area contributed by atoms with Crippen LogP contribution in [0.3, 0.4) is 0 Å². The molecule has 4 heteroatoms. The van der Waals surface area contributed by atoms with Gasteiger partial charge in [-0.05, 0) is 19.3 Å². The van der Waals surface area contributed by atoms with Gasteiger partial charge in [0.15, 0.2) is 0 Å². The Kier molecular flexibility index (Phi) is 9.49. The number of nitrogens with one attached hydrogen (secondary N) is 1. The van der Waals surface area contributed by atoms with E-state index in [0.717, 1.165) is 25.7 Å². The minimum atomic E-state index is -0.804. The predicted molar refractivity (Wildman–Crippen MR) is 67.8 cm³/mol. The molecule has 0 aromatic carbocycles. The monoisotopic (exact) mass is 243 g/mol. The summed E-state index contributed by atoms with van der Waals surface area (Å²) in [5, 5.41) is 11.2. The minimum Gasteiger partial charge on any atom is -0.481 e. The lowest BCUT2D eigenvalue weighted by Gasteiger charge is -2.20. The van der Waals surface area contributed by atoms with Gasteiger partial charge in [0.1, 0.15) is 0 Å². The third-order valence-electron chi connectivity index (χ3n) is 2.84. The van der Waals surface area contributed by atoms with Crippen molar-refractivity contribution >= 4 is 11.9 Å². The Morgan fingerprint density at radius 3 is 2.29 bits per heavy atom. The molecule has 0 atom stereocenters. The van der Waals surface area contributed by atoms with E-state index < -0.39 is 5.97 Å². The number of hydrogen-bond acceptors (Lipinski definition) is 2. The first kappa shape index (κ1) is 15.9. The summed E-state index contributed by atoms with van der Waals surface area (Å²) in [6, 6.07) is 0. The predicted octanol–water partition coefficient (Wildman–Crippen LogP) is 2.57.